The number of hydrogen-bond acceptors (Lipinski definition) is 5. The second-order valence-electron chi connectivity index (χ2n) is 5.22. The first kappa shape index (κ1) is 16.4. The normalized spacial score (nSPS) is 17.6. The topological polar surface area (TPSA) is 45.2 Å². The van der Waals surface area contributed by atoms with Crippen LogP contribution < -0.4 is 5.32 Å². The summed E-state index contributed by atoms with van der Waals surface area (Å²) in [5.74, 6) is 0.993. The second kappa shape index (κ2) is 7.42. The van der Waals surface area contributed by atoms with Gasteiger partial charge in [-0.3, -0.25) is 9.69 Å². The van der Waals surface area contributed by atoms with Crippen LogP contribution in [0, 0.1) is 0 Å². The highest BCUT2D eigenvalue weighted by Gasteiger charge is 2.35. The van der Waals surface area contributed by atoms with Gasteiger partial charge in [-0.05, 0) is 30.6 Å². The van der Waals surface area contributed by atoms with E-state index < -0.39 is 0 Å². The minimum absolute atomic E-state index is 0.0540. The van der Waals surface area contributed by atoms with Crippen LogP contribution in [0.4, 0.5) is 0 Å². The molecule has 3 rings (SSSR count). The lowest BCUT2D eigenvalue weighted by Gasteiger charge is -2.13. The lowest BCUT2D eigenvalue weighted by molar-refractivity contribution is -0.127. The van der Waals surface area contributed by atoms with E-state index in [0.29, 0.717) is 11.7 Å². The van der Waals surface area contributed by atoms with Crippen molar-refractivity contribution in [3.05, 3.63) is 41.4 Å². The molecule has 1 aliphatic heterocycles. The van der Waals surface area contributed by atoms with Gasteiger partial charge in [0, 0.05) is 10.9 Å². The molecule has 1 aromatic carbocycles. The van der Waals surface area contributed by atoms with E-state index in [1.165, 1.54) is 0 Å². The number of amides is 1. The zero-order chi connectivity index (χ0) is 16.2. The predicted molar refractivity (Wildman–Crippen MR) is 101 cm³/mol. The summed E-state index contributed by atoms with van der Waals surface area (Å²) in [5, 5.41) is 6.58. The minimum atomic E-state index is -0.192. The molecule has 0 bridgehead atoms. The number of thioether (sulfide) groups is 1. The predicted octanol–water partition coefficient (Wildman–Crippen LogP) is 3.15. The van der Waals surface area contributed by atoms with Gasteiger partial charge in [0.05, 0.1) is 12.2 Å². The molecular formula is C16H17N3OS3. The van der Waals surface area contributed by atoms with Crippen LogP contribution in [-0.2, 0) is 11.3 Å². The van der Waals surface area contributed by atoms with Crippen molar-refractivity contribution in [2.45, 2.75) is 19.0 Å². The van der Waals surface area contributed by atoms with Gasteiger partial charge in [-0.2, -0.15) is 11.8 Å². The standard InChI is InChI=1S/C16H17N3OS3/c1-22-8-7-13-15(20)19(16(21)18-13)9-12-10-23-14(17-12)11-5-3-2-4-6-11/h2-6,10,13H,7-9H2,1H3,(H,18,21)/t13-/m0/s1. The third-order valence-corrected chi connectivity index (χ3v) is 5.53. The Kier molecular flexibility index (Phi) is 5.30. The Balaban J connectivity index is 1.69. The zero-order valence-electron chi connectivity index (χ0n) is 12.7. The van der Waals surface area contributed by atoms with Crippen LogP contribution in [0.3, 0.4) is 0 Å². The largest absolute Gasteiger partial charge is 0.350 e. The molecule has 2 aromatic rings. The summed E-state index contributed by atoms with van der Waals surface area (Å²) in [6, 6.07) is 9.86. The van der Waals surface area contributed by atoms with Crippen molar-refractivity contribution in [3.63, 3.8) is 0 Å². The van der Waals surface area contributed by atoms with Crippen molar-refractivity contribution in [1.29, 1.82) is 0 Å². The first-order chi connectivity index (χ1) is 11.2. The van der Waals surface area contributed by atoms with E-state index in [0.717, 1.165) is 28.4 Å². The summed E-state index contributed by atoms with van der Waals surface area (Å²) in [6.45, 7) is 0.434. The number of thiocarbonyl (C=S) groups is 1. The number of nitrogens with zero attached hydrogens (tertiary/aromatic N) is 2. The maximum atomic E-state index is 12.4. The third kappa shape index (κ3) is 3.73. The molecule has 0 unspecified atom stereocenters. The summed E-state index contributed by atoms with van der Waals surface area (Å²) in [4.78, 5) is 18.7. The zero-order valence-corrected chi connectivity index (χ0v) is 15.1. The highest BCUT2D eigenvalue weighted by Crippen LogP contribution is 2.24. The van der Waals surface area contributed by atoms with Crippen molar-refractivity contribution in [3.8, 4) is 10.6 Å². The summed E-state index contributed by atoms with van der Waals surface area (Å²) in [5.41, 5.74) is 1.96. The lowest BCUT2D eigenvalue weighted by atomic mass is 10.2. The molecule has 2 heterocycles. The number of nitrogens with one attached hydrogen (secondary N) is 1. The number of aromatic nitrogens is 1. The van der Waals surface area contributed by atoms with Gasteiger partial charge < -0.3 is 5.32 Å². The maximum Gasteiger partial charge on any atom is 0.251 e. The molecule has 0 spiro atoms. The molecule has 0 radical (unpaired) electrons. The maximum absolute atomic E-state index is 12.4. The Morgan fingerprint density at radius 1 is 1.39 bits per heavy atom. The van der Waals surface area contributed by atoms with Gasteiger partial charge in [0.1, 0.15) is 11.0 Å². The van der Waals surface area contributed by atoms with Crippen molar-refractivity contribution >= 4 is 46.3 Å². The molecule has 4 nitrogen and oxygen atoms in total. The first-order valence-corrected chi connectivity index (χ1v) is 9.98. The first-order valence-electron chi connectivity index (χ1n) is 7.29. The fourth-order valence-electron chi connectivity index (χ4n) is 2.41. The minimum Gasteiger partial charge on any atom is -0.350 e. The summed E-state index contributed by atoms with van der Waals surface area (Å²) in [6.07, 6.45) is 2.83. The second-order valence-corrected chi connectivity index (χ2v) is 7.45. The Morgan fingerprint density at radius 3 is 2.91 bits per heavy atom. The number of carbonyl (C=O) groups is 1. The summed E-state index contributed by atoms with van der Waals surface area (Å²) in [7, 11) is 0. The number of thiazole rings is 1. The average Bonchev–Trinajstić information content (AvgIpc) is 3.14. The van der Waals surface area contributed by atoms with Crippen LogP contribution in [0.15, 0.2) is 35.7 Å². The van der Waals surface area contributed by atoms with E-state index in [1.54, 1.807) is 28.0 Å². The Bertz CT molecular complexity index is 702. The van der Waals surface area contributed by atoms with Gasteiger partial charge in [-0.25, -0.2) is 4.98 Å². The summed E-state index contributed by atoms with van der Waals surface area (Å²) < 4.78 is 0. The third-order valence-electron chi connectivity index (χ3n) is 3.61. The van der Waals surface area contributed by atoms with Crippen LogP contribution in [-0.4, -0.2) is 39.0 Å². The van der Waals surface area contributed by atoms with Gasteiger partial charge in [0.15, 0.2) is 5.11 Å². The highest BCUT2D eigenvalue weighted by molar-refractivity contribution is 7.98. The van der Waals surface area contributed by atoms with E-state index in [9.17, 15) is 4.79 Å². The number of benzene rings is 1. The van der Waals surface area contributed by atoms with Gasteiger partial charge in [0.25, 0.3) is 5.91 Å². The fourth-order valence-corrected chi connectivity index (χ4v) is 4.00. The van der Waals surface area contributed by atoms with Gasteiger partial charge >= 0.3 is 0 Å². The van der Waals surface area contributed by atoms with Crippen molar-refractivity contribution < 1.29 is 4.79 Å². The molecule has 23 heavy (non-hydrogen) atoms. The lowest BCUT2D eigenvalue weighted by Crippen LogP contribution is -2.31. The van der Waals surface area contributed by atoms with Gasteiger partial charge in [-0.1, -0.05) is 30.3 Å². The van der Waals surface area contributed by atoms with E-state index in [4.69, 9.17) is 12.2 Å². The molecule has 1 fully saturated rings. The molecule has 1 atom stereocenters. The molecular weight excluding hydrogens is 346 g/mol. The van der Waals surface area contributed by atoms with E-state index in [1.807, 2.05) is 42.0 Å². The molecule has 1 aromatic heterocycles. The molecule has 1 N–H and O–H groups in total. The quantitative estimate of drug-likeness (QED) is 0.799. The molecule has 120 valence electrons. The Morgan fingerprint density at radius 2 is 2.17 bits per heavy atom. The van der Waals surface area contributed by atoms with E-state index in [-0.39, 0.29) is 11.9 Å². The van der Waals surface area contributed by atoms with E-state index in [2.05, 4.69) is 10.3 Å². The number of carbonyl (C=O) groups excluding carboxylic acids is 1. The van der Waals surface area contributed by atoms with E-state index >= 15 is 0 Å². The molecule has 0 aliphatic carbocycles. The van der Waals surface area contributed by atoms with Gasteiger partial charge in [0.2, 0.25) is 0 Å². The van der Waals surface area contributed by atoms with Crippen LogP contribution in [0.5, 0.6) is 0 Å². The smallest absolute Gasteiger partial charge is 0.251 e. The highest BCUT2D eigenvalue weighted by atomic mass is 32.2. The molecule has 1 saturated heterocycles. The SMILES string of the molecule is CSCC[C@@H]1NC(=S)N(Cc2csc(-c3ccccc3)n2)C1=O. The molecule has 0 saturated carbocycles. The molecule has 1 amide bonds. The molecule has 1 aliphatic rings. The van der Waals surface area contributed by atoms with Crippen LogP contribution >= 0.6 is 35.3 Å². The number of hydrogen-bond donors (Lipinski definition) is 1. The Hall–Kier alpha value is -1.44. The molecule has 7 heteroatoms. The van der Waals surface area contributed by atoms with Crippen LogP contribution in [0.1, 0.15) is 12.1 Å². The fraction of sp³-hybridized carbons (Fsp3) is 0.312. The van der Waals surface area contributed by atoms with Crippen LogP contribution in [0.25, 0.3) is 10.6 Å². The summed E-state index contributed by atoms with van der Waals surface area (Å²) >= 11 is 8.63. The van der Waals surface area contributed by atoms with Gasteiger partial charge in [-0.15, -0.1) is 11.3 Å². The number of rotatable bonds is 6. The monoisotopic (exact) mass is 363 g/mol. The van der Waals surface area contributed by atoms with Crippen molar-refractivity contribution in [2.75, 3.05) is 12.0 Å². The average molecular weight is 364 g/mol. The van der Waals surface area contributed by atoms with Crippen LogP contribution in [0.2, 0.25) is 0 Å². The van der Waals surface area contributed by atoms with Crippen molar-refractivity contribution in [1.82, 2.24) is 15.2 Å². The Labute approximate surface area is 149 Å². The van der Waals surface area contributed by atoms with Crippen molar-refractivity contribution in [2.24, 2.45) is 0 Å².